The summed E-state index contributed by atoms with van der Waals surface area (Å²) >= 11 is 0. The van der Waals surface area contributed by atoms with E-state index in [0.29, 0.717) is 12.5 Å². The van der Waals surface area contributed by atoms with E-state index in [2.05, 4.69) is 5.32 Å². The largest absolute Gasteiger partial charge is 0.337 e. The van der Waals surface area contributed by atoms with Crippen LogP contribution in [-0.4, -0.2) is 21.0 Å². The van der Waals surface area contributed by atoms with Crippen LogP contribution in [0.1, 0.15) is 45.1 Å². The van der Waals surface area contributed by atoms with Crippen LogP contribution in [0.2, 0.25) is 0 Å². The summed E-state index contributed by atoms with van der Waals surface area (Å²) < 4.78 is 26.0. The van der Waals surface area contributed by atoms with Gasteiger partial charge in [0, 0.05) is 6.54 Å². The lowest BCUT2D eigenvalue weighted by molar-refractivity contribution is 0.245. The molecule has 2 N–H and O–H groups in total. The highest BCUT2D eigenvalue weighted by Gasteiger charge is 2.17. The third-order valence-electron chi connectivity index (χ3n) is 2.90. The molecule has 6 heteroatoms. The fraction of sp³-hybridized carbons (Fsp3) is 0.500. The van der Waals surface area contributed by atoms with Crippen LogP contribution in [0.25, 0.3) is 0 Å². The highest BCUT2D eigenvalue weighted by atomic mass is 32.2. The molecule has 0 saturated heterocycles. The van der Waals surface area contributed by atoms with Crippen LogP contribution in [-0.2, 0) is 10.0 Å². The monoisotopic (exact) mass is 298 g/mol. The van der Waals surface area contributed by atoms with Crippen LogP contribution < -0.4 is 10.0 Å². The number of hydrogen-bond acceptors (Lipinski definition) is 3. The topological polar surface area (TPSA) is 75.3 Å². The lowest BCUT2D eigenvalue weighted by Crippen LogP contribution is -2.39. The normalized spacial score (nSPS) is 11.4. The van der Waals surface area contributed by atoms with Crippen molar-refractivity contribution in [3.63, 3.8) is 0 Å². The number of nitrogens with one attached hydrogen (secondary N) is 2. The average Bonchev–Trinajstić information content (AvgIpc) is 2.38. The number of carbonyl (C=O) groups excluding carboxylic acids is 1. The van der Waals surface area contributed by atoms with Gasteiger partial charge < -0.3 is 5.32 Å². The lowest BCUT2D eigenvalue weighted by Gasteiger charge is -2.10. The Labute approximate surface area is 120 Å². The van der Waals surface area contributed by atoms with Crippen molar-refractivity contribution < 1.29 is 13.2 Å². The molecule has 0 aliphatic rings. The Morgan fingerprint density at radius 1 is 1.20 bits per heavy atom. The summed E-state index contributed by atoms with van der Waals surface area (Å²) in [5.74, 6) is 0.331. The molecule has 2 amide bonds. The van der Waals surface area contributed by atoms with Crippen molar-refractivity contribution in [3.05, 3.63) is 29.8 Å². The molecule has 0 spiro atoms. The summed E-state index contributed by atoms with van der Waals surface area (Å²) in [6.07, 6.45) is 1.75. The van der Waals surface area contributed by atoms with Crippen molar-refractivity contribution in [2.75, 3.05) is 6.54 Å². The van der Waals surface area contributed by atoms with Gasteiger partial charge in [-0.2, -0.15) is 0 Å². The Hall–Kier alpha value is -1.56. The first-order chi connectivity index (χ1) is 9.36. The van der Waals surface area contributed by atoms with E-state index in [4.69, 9.17) is 0 Å². The van der Waals surface area contributed by atoms with Crippen LogP contribution in [0.15, 0.2) is 29.2 Å². The SMILES string of the molecule is CCCCNC(=O)NS(=O)(=O)c1ccc(C(C)C)cc1. The Bertz CT molecular complexity index is 536. The second-order valence-electron chi connectivity index (χ2n) is 4.94. The molecule has 0 unspecified atom stereocenters. The minimum absolute atomic E-state index is 0.0903. The first-order valence-electron chi connectivity index (χ1n) is 6.77. The number of amides is 2. The van der Waals surface area contributed by atoms with E-state index >= 15 is 0 Å². The van der Waals surface area contributed by atoms with Crippen LogP contribution >= 0.6 is 0 Å². The first-order valence-corrected chi connectivity index (χ1v) is 8.25. The van der Waals surface area contributed by atoms with Crippen molar-refractivity contribution in [3.8, 4) is 0 Å². The van der Waals surface area contributed by atoms with Gasteiger partial charge in [0.15, 0.2) is 0 Å². The number of hydrogen-bond donors (Lipinski definition) is 2. The van der Waals surface area contributed by atoms with Gasteiger partial charge in [-0.3, -0.25) is 0 Å². The molecular formula is C14H22N2O3S. The number of rotatable bonds is 6. The molecule has 1 aromatic rings. The van der Waals surface area contributed by atoms with E-state index in [0.717, 1.165) is 18.4 Å². The third kappa shape index (κ3) is 4.85. The molecule has 0 heterocycles. The van der Waals surface area contributed by atoms with Gasteiger partial charge in [0.1, 0.15) is 0 Å². The zero-order valence-corrected chi connectivity index (χ0v) is 13.0. The second-order valence-corrected chi connectivity index (χ2v) is 6.62. The fourth-order valence-corrected chi connectivity index (χ4v) is 2.56. The number of unbranched alkanes of at least 4 members (excludes halogenated alkanes) is 1. The van der Waals surface area contributed by atoms with Crippen molar-refractivity contribution in [1.82, 2.24) is 10.0 Å². The quantitative estimate of drug-likeness (QED) is 0.793. The Morgan fingerprint density at radius 2 is 1.80 bits per heavy atom. The molecule has 0 radical (unpaired) electrons. The fourth-order valence-electron chi connectivity index (χ4n) is 1.63. The minimum atomic E-state index is -3.80. The zero-order valence-electron chi connectivity index (χ0n) is 12.1. The Kier molecular flexibility index (Phi) is 6.01. The predicted molar refractivity (Wildman–Crippen MR) is 79.2 cm³/mol. The molecule has 0 saturated carbocycles. The minimum Gasteiger partial charge on any atom is -0.337 e. The van der Waals surface area contributed by atoms with Crippen LogP contribution in [0.3, 0.4) is 0 Å². The van der Waals surface area contributed by atoms with Crippen LogP contribution in [0, 0.1) is 0 Å². The van der Waals surface area contributed by atoms with Gasteiger partial charge in [-0.25, -0.2) is 17.9 Å². The molecule has 0 bridgehead atoms. The van der Waals surface area contributed by atoms with Gasteiger partial charge in [0.2, 0.25) is 0 Å². The Morgan fingerprint density at radius 3 is 2.30 bits per heavy atom. The molecular weight excluding hydrogens is 276 g/mol. The highest BCUT2D eigenvalue weighted by molar-refractivity contribution is 7.90. The predicted octanol–water partition coefficient (Wildman–Crippen LogP) is 2.60. The smallest absolute Gasteiger partial charge is 0.328 e. The van der Waals surface area contributed by atoms with Crippen molar-refractivity contribution in [2.45, 2.75) is 44.4 Å². The van der Waals surface area contributed by atoms with E-state index in [1.807, 2.05) is 25.5 Å². The molecule has 0 aliphatic heterocycles. The maximum absolute atomic E-state index is 12.0. The number of sulfonamides is 1. The second kappa shape index (κ2) is 7.28. The zero-order chi connectivity index (χ0) is 15.2. The van der Waals surface area contributed by atoms with Gasteiger partial charge in [-0.15, -0.1) is 0 Å². The summed E-state index contributed by atoms with van der Waals surface area (Å²) in [5.41, 5.74) is 1.05. The van der Waals surface area contributed by atoms with E-state index in [9.17, 15) is 13.2 Å². The number of urea groups is 1. The summed E-state index contributed by atoms with van der Waals surface area (Å²) in [5, 5.41) is 2.51. The number of benzene rings is 1. The van der Waals surface area contributed by atoms with Crippen LogP contribution in [0.4, 0.5) is 4.79 Å². The molecule has 1 rings (SSSR count). The van der Waals surface area contributed by atoms with E-state index in [1.165, 1.54) is 12.1 Å². The first kappa shape index (κ1) is 16.5. The molecule has 1 aromatic carbocycles. The summed E-state index contributed by atoms with van der Waals surface area (Å²) in [7, 11) is -3.80. The molecule has 0 aromatic heterocycles. The van der Waals surface area contributed by atoms with Crippen molar-refractivity contribution in [2.24, 2.45) is 0 Å². The summed E-state index contributed by atoms with van der Waals surface area (Å²) in [6, 6.07) is 5.85. The molecule has 0 atom stereocenters. The van der Waals surface area contributed by atoms with Gasteiger partial charge in [0.05, 0.1) is 4.90 Å². The van der Waals surface area contributed by atoms with Crippen molar-refractivity contribution >= 4 is 16.1 Å². The molecule has 0 fully saturated rings. The molecule has 0 aliphatic carbocycles. The van der Waals surface area contributed by atoms with Crippen LogP contribution in [0.5, 0.6) is 0 Å². The molecule has 5 nitrogen and oxygen atoms in total. The number of carbonyl (C=O) groups is 1. The Balaban J connectivity index is 2.71. The molecule has 20 heavy (non-hydrogen) atoms. The maximum Gasteiger partial charge on any atom is 0.328 e. The lowest BCUT2D eigenvalue weighted by atomic mass is 10.0. The van der Waals surface area contributed by atoms with E-state index < -0.39 is 16.1 Å². The van der Waals surface area contributed by atoms with E-state index in [-0.39, 0.29) is 4.90 Å². The average molecular weight is 298 g/mol. The van der Waals surface area contributed by atoms with Gasteiger partial charge in [-0.1, -0.05) is 39.3 Å². The standard InChI is InChI=1S/C14H22N2O3S/c1-4-5-10-15-14(17)16-20(18,19)13-8-6-12(7-9-13)11(2)3/h6-9,11H,4-5,10H2,1-3H3,(H2,15,16,17). The molecule has 112 valence electrons. The summed E-state index contributed by atoms with van der Waals surface area (Å²) in [4.78, 5) is 11.6. The van der Waals surface area contributed by atoms with E-state index in [1.54, 1.807) is 12.1 Å². The van der Waals surface area contributed by atoms with Gasteiger partial charge in [0.25, 0.3) is 10.0 Å². The summed E-state index contributed by atoms with van der Waals surface area (Å²) in [6.45, 7) is 6.52. The van der Waals surface area contributed by atoms with Crippen molar-refractivity contribution in [1.29, 1.82) is 0 Å². The highest BCUT2D eigenvalue weighted by Crippen LogP contribution is 2.17. The van der Waals surface area contributed by atoms with Gasteiger partial charge in [-0.05, 0) is 30.0 Å². The third-order valence-corrected chi connectivity index (χ3v) is 4.25. The van der Waals surface area contributed by atoms with Gasteiger partial charge >= 0.3 is 6.03 Å². The maximum atomic E-state index is 12.0.